The van der Waals surface area contributed by atoms with E-state index in [0.29, 0.717) is 0 Å². The van der Waals surface area contributed by atoms with E-state index in [-0.39, 0.29) is 12.1 Å². The standard InChI is InChI=1S/C13H25N3O/c1-5-15-13(4,9-17)7-6-8-16-10-14-11(2)12(16)3/h10,15,17H,5-9H2,1-4H3. The number of nitrogens with zero attached hydrogens (tertiary/aromatic N) is 2. The smallest absolute Gasteiger partial charge is 0.0951 e. The molecule has 17 heavy (non-hydrogen) atoms. The van der Waals surface area contributed by atoms with E-state index >= 15 is 0 Å². The minimum Gasteiger partial charge on any atom is -0.394 e. The summed E-state index contributed by atoms with van der Waals surface area (Å²) in [5.74, 6) is 0. The van der Waals surface area contributed by atoms with Crippen molar-refractivity contribution in [3.63, 3.8) is 0 Å². The first kappa shape index (κ1) is 14.2. The first-order valence-electron chi connectivity index (χ1n) is 6.36. The third-order valence-corrected chi connectivity index (χ3v) is 3.43. The van der Waals surface area contributed by atoms with E-state index < -0.39 is 0 Å². The highest BCUT2D eigenvalue weighted by Gasteiger charge is 2.21. The van der Waals surface area contributed by atoms with Crippen molar-refractivity contribution >= 4 is 0 Å². The molecule has 0 amide bonds. The molecule has 4 heteroatoms. The summed E-state index contributed by atoms with van der Waals surface area (Å²) < 4.78 is 2.18. The molecule has 0 saturated heterocycles. The van der Waals surface area contributed by atoms with Gasteiger partial charge in [-0.3, -0.25) is 0 Å². The zero-order valence-electron chi connectivity index (χ0n) is 11.5. The molecule has 0 bridgehead atoms. The van der Waals surface area contributed by atoms with Crippen LogP contribution >= 0.6 is 0 Å². The first-order valence-corrected chi connectivity index (χ1v) is 6.36. The van der Waals surface area contributed by atoms with E-state index in [1.807, 2.05) is 13.3 Å². The van der Waals surface area contributed by atoms with Crippen LogP contribution < -0.4 is 5.32 Å². The van der Waals surface area contributed by atoms with Gasteiger partial charge in [0.2, 0.25) is 0 Å². The summed E-state index contributed by atoms with van der Waals surface area (Å²) in [6, 6.07) is 0. The summed E-state index contributed by atoms with van der Waals surface area (Å²) in [5.41, 5.74) is 2.18. The minimum absolute atomic E-state index is 0.154. The maximum absolute atomic E-state index is 9.39. The summed E-state index contributed by atoms with van der Waals surface area (Å²) in [4.78, 5) is 4.29. The number of hydrogen-bond acceptors (Lipinski definition) is 3. The van der Waals surface area contributed by atoms with Gasteiger partial charge >= 0.3 is 0 Å². The third-order valence-electron chi connectivity index (χ3n) is 3.43. The highest BCUT2D eigenvalue weighted by atomic mass is 16.3. The minimum atomic E-state index is -0.154. The second-order valence-corrected chi connectivity index (χ2v) is 4.96. The number of aliphatic hydroxyl groups is 1. The molecular formula is C13H25N3O. The van der Waals surface area contributed by atoms with Crippen molar-refractivity contribution in [2.45, 2.75) is 52.6 Å². The van der Waals surface area contributed by atoms with Gasteiger partial charge in [0, 0.05) is 17.8 Å². The van der Waals surface area contributed by atoms with Gasteiger partial charge in [0.1, 0.15) is 0 Å². The Kier molecular flexibility index (Phi) is 5.15. The number of likely N-dealkylation sites (N-methyl/N-ethyl adjacent to an activating group) is 1. The van der Waals surface area contributed by atoms with Gasteiger partial charge in [0.15, 0.2) is 0 Å². The number of aryl methyl sites for hydroxylation is 2. The second kappa shape index (κ2) is 6.17. The predicted molar refractivity (Wildman–Crippen MR) is 70.1 cm³/mol. The molecule has 4 nitrogen and oxygen atoms in total. The molecule has 1 aromatic rings. The Hall–Kier alpha value is -0.870. The first-order chi connectivity index (χ1) is 8.02. The van der Waals surface area contributed by atoms with Crippen molar-refractivity contribution in [1.29, 1.82) is 0 Å². The van der Waals surface area contributed by atoms with Crippen LogP contribution in [0.1, 0.15) is 38.1 Å². The lowest BCUT2D eigenvalue weighted by molar-refractivity contribution is 0.164. The van der Waals surface area contributed by atoms with Crippen molar-refractivity contribution < 1.29 is 5.11 Å². The third kappa shape index (κ3) is 3.82. The summed E-state index contributed by atoms with van der Waals surface area (Å²) >= 11 is 0. The quantitative estimate of drug-likeness (QED) is 0.760. The molecule has 0 aliphatic rings. The lowest BCUT2D eigenvalue weighted by atomic mass is 9.97. The summed E-state index contributed by atoms with van der Waals surface area (Å²) in [7, 11) is 0. The van der Waals surface area contributed by atoms with E-state index in [1.54, 1.807) is 0 Å². The highest BCUT2D eigenvalue weighted by molar-refractivity contribution is 5.08. The van der Waals surface area contributed by atoms with Gasteiger partial charge in [0.05, 0.1) is 18.6 Å². The topological polar surface area (TPSA) is 50.1 Å². The SMILES string of the molecule is CCNC(C)(CO)CCCn1cnc(C)c1C. The van der Waals surface area contributed by atoms with Crippen LogP contribution in [0.5, 0.6) is 0 Å². The maximum atomic E-state index is 9.39. The van der Waals surface area contributed by atoms with Crippen LogP contribution in [0.3, 0.4) is 0 Å². The van der Waals surface area contributed by atoms with Gasteiger partial charge in [-0.05, 0) is 40.2 Å². The molecule has 0 aromatic carbocycles. The number of nitrogens with one attached hydrogen (secondary N) is 1. The van der Waals surface area contributed by atoms with Gasteiger partial charge < -0.3 is 15.0 Å². The fourth-order valence-electron chi connectivity index (χ4n) is 2.06. The number of aromatic nitrogens is 2. The highest BCUT2D eigenvalue weighted by Crippen LogP contribution is 2.13. The van der Waals surface area contributed by atoms with Gasteiger partial charge in [-0.15, -0.1) is 0 Å². The van der Waals surface area contributed by atoms with Crippen molar-refractivity contribution in [3.8, 4) is 0 Å². The van der Waals surface area contributed by atoms with Gasteiger partial charge in [0.25, 0.3) is 0 Å². The van der Waals surface area contributed by atoms with Crippen LogP contribution in [-0.4, -0.2) is 33.3 Å². The van der Waals surface area contributed by atoms with Gasteiger partial charge in [-0.1, -0.05) is 6.92 Å². The number of imidazole rings is 1. The molecule has 1 rings (SSSR count). The Balaban J connectivity index is 2.44. The average molecular weight is 239 g/mol. The maximum Gasteiger partial charge on any atom is 0.0951 e. The molecule has 2 N–H and O–H groups in total. The molecule has 0 aliphatic carbocycles. The van der Waals surface area contributed by atoms with E-state index in [1.165, 1.54) is 5.69 Å². The largest absolute Gasteiger partial charge is 0.394 e. The normalized spacial score (nSPS) is 14.9. The summed E-state index contributed by atoms with van der Waals surface area (Å²) in [6.07, 6.45) is 3.91. The van der Waals surface area contributed by atoms with E-state index in [4.69, 9.17) is 0 Å². The monoisotopic (exact) mass is 239 g/mol. The van der Waals surface area contributed by atoms with Gasteiger partial charge in [-0.25, -0.2) is 4.98 Å². The fourth-order valence-corrected chi connectivity index (χ4v) is 2.06. The molecule has 0 fully saturated rings. The van der Waals surface area contributed by atoms with Crippen LogP contribution in [0.4, 0.5) is 0 Å². The second-order valence-electron chi connectivity index (χ2n) is 4.96. The van der Waals surface area contributed by atoms with Crippen molar-refractivity contribution in [2.75, 3.05) is 13.2 Å². The molecule has 0 radical (unpaired) electrons. The van der Waals surface area contributed by atoms with Crippen molar-refractivity contribution in [3.05, 3.63) is 17.7 Å². The number of aliphatic hydroxyl groups excluding tert-OH is 1. The molecule has 1 unspecified atom stereocenters. The molecule has 1 heterocycles. The lowest BCUT2D eigenvalue weighted by Crippen LogP contribution is -2.45. The van der Waals surface area contributed by atoms with Crippen LogP contribution in [0.2, 0.25) is 0 Å². The van der Waals surface area contributed by atoms with Crippen LogP contribution in [0.15, 0.2) is 6.33 Å². The van der Waals surface area contributed by atoms with E-state index in [9.17, 15) is 5.11 Å². The molecule has 1 atom stereocenters. The number of hydrogen-bond donors (Lipinski definition) is 2. The molecule has 98 valence electrons. The Morgan fingerprint density at radius 3 is 2.65 bits per heavy atom. The Labute approximate surface area is 104 Å². The fraction of sp³-hybridized carbons (Fsp3) is 0.769. The molecular weight excluding hydrogens is 214 g/mol. The Morgan fingerprint density at radius 2 is 2.18 bits per heavy atom. The summed E-state index contributed by atoms with van der Waals surface area (Å²) in [6.45, 7) is 10.3. The zero-order chi connectivity index (χ0) is 12.9. The number of rotatable bonds is 7. The van der Waals surface area contributed by atoms with Gasteiger partial charge in [-0.2, -0.15) is 0 Å². The van der Waals surface area contributed by atoms with Crippen LogP contribution in [0, 0.1) is 13.8 Å². The Bertz CT molecular complexity index is 348. The van der Waals surface area contributed by atoms with Crippen LogP contribution in [-0.2, 0) is 6.54 Å². The van der Waals surface area contributed by atoms with Crippen molar-refractivity contribution in [1.82, 2.24) is 14.9 Å². The average Bonchev–Trinajstić information content (AvgIpc) is 2.61. The molecule has 0 aliphatic heterocycles. The predicted octanol–water partition coefficient (Wildman–Crippen LogP) is 1.64. The molecule has 0 spiro atoms. The lowest BCUT2D eigenvalue weighted by Gasteiger charge is -2.28. The Morgan fingerprint density at radius 1 is 1.47 bits per heavy atom. The van der Waals surface area contributed by atoms with Crippen molar-refractivity contribution in [2.24, 2.45) is 0 Å². The molecule has 1 aromatic heterocycles. The molecule has 0 saturated carbocycles. The zero-order valence-corrected chi connectivity index (χ0v) is 11.5. The van der Waals surface area contributed by atoms with E-state index in [2.05, 4.69) is 35.6 Å². The van der Waals surface area contributed by atoms with E-state index in [0.717, 1.165) is 31.6 Å². The van der Waals surface area contributed by atoms with Crippen LogP contribution in [0.25, 0.3) is 0 Å². The summed E-state index contributed by atoms with van der Waals surface area (Å²) in [5, 5.41) is 12.7.